The highest BCUT2D eigenvalue weighted by Crippen LogP contribution is 2.39. The van der Waals surface area contributed by atoms with Crippen molar-refractivity contribution in [3.05, 3.63) is 17.7 Å². The molecule has 0 aliphatic carbocycles. The lowest BCUT2D eigenvalue weighted by Gasteiger charge is -2.14. The summed E-state index contributed by atoms with van der Waals surface area (Å²) < 4.78 is 15.8. The van der Waals surface area contributed by atoms with Crippen LogP contribution in [0.5, 0.6) is 17.2 Å². The lowest BCUT2D eigenvalue weighted by atomic mass is 10.0. The van der Waals surface area contributed by atoms with Crippen molar-refractivity contribution in [1.82, 2.24) is 0 Å². The SMILES string of the molecule is CCCCCCCCCCCCCCCCCCOOC(=O)c1ccc(OC)c(OC)c1OC. The smallest absolute Gasteiger partial charge is 0.376 e. The molecule has 0 spiro atoms. The van der Waals surface area contributed by atoms with Crippen LogP contribution in [-0.4, -0.2) is 33.9 Å². The van der Waals surface area contributed by atoms with Crippen LogP contribution in [-0.2, 0) is 9.78 Å². The maximum Gasteiger partial charge on any atom is 0.376 e. The molecule has 196 valence electrons. The zero-order valence-electron chi connectivity index (χ0n) is 22.1. The quantitative estimate of drug-likeness (QED) is 0.0950. The predicted molar refractivity (Wildman–Crippen MR) is 137 cm³/mol. The molecule has 34 heavy (non-hydrogen) atoms. The monoisotopic (exact) mass is 480 g/mol. The summed E-state index contributed by atoms with van der Waals surface area (Å²) in [6.07, 6.45) is 21.1. The zero-order valence-corrected chi connectivity index (χ0v) is 22.1. The van der Waals surface area contributed by atoms with Crippen molar-refractivity contribution >= 4 is 5.97 Å². The average molecular weight is 481 g/mol. The first-order chi connectivity index (χ1) is 16.7. The normalized spacial score (nSPS) is 10.8. The zero-order chi connectivity index (χ0) is 24.9. The van der Waals surface area contributed by atoms with Gasteiger partial charge in [-0.05, 0) is 18.6 Å². The van der Waals surface area contributed by atoms with Crippen LogP contribution in [0.2, 0.25) is 0 Å². The van der Waals surface area contributed by atoms with Crippen LogP contribution < -0.4 is 14.2 Å². The van der Waals surface area contributed by atoms with E-state index in [9.17, 15) is 4.79 Å². The molecule has 0 atom stereocenters. The molecule has 0 unspecified atom stereocenters. The lowest BCUT2D eigenvalue weighted by molar-refractivity contribution is -0.241. The van der Waals surface area contributed by atoms with Crippen LogP contribution in [0.4, 0.5) is 0 Å². The summed E-state index contributed by atoms with van der Waals surface area (Å²) in [5, 5.41) is 0. The van der Waals surface area contributed by atoms with Crippen LogP contribution in [0.3, 0.4) is 0 Å². The van der Waals surface area contributed by atoms with Crippen LogP contribution in [0.25, 0.3) is 0 Å². The molecule has 0 aromatic heterocycles. The fourth-order valence-electron chi connectivity index (χ4n) is 4.11. The van der Waals surface area contributed by atoms with Gasteiger partial charge in [-0.2, -0.15) is 4.89 Å². The van der Waals surface area contributed by atoms with Gasteiger partial charge in [-0.1, -0.05) is 103 Å². The number of carbonyl (C=O) groups is 1. The Bertz CT molecular complexity index is 646. The van der Waals surface area contributed by atoms with Crippen molar-refractivity contribution in [1.29, 1.82) is 0 Å². The van der Waals surface area contributed by atoms with Crippen molar-refractivity contribution < 1.29 is 28.8 Å². The van der Waals surface area contributed by atoms with Gasteiger partial charge in [0.15, 0.2) is 11.5 Å². The van der Waals surface area contributed by atoms with Gasteiger partial charge in [0.1, 0.15) is 5.56 Å². The minimum absolute atomic E-state index is 0.229. The first-order valence-electron chi connectivity index (χ1n) is 13.3. The Balaban J connectivity index is 2.00. The second-order valence-electron chi connectivity index (χ2n) is 8.88. The van der Waals surface area contributed by atoms with Crippen LogP contribution in [0.1, 0.15) is 120 Å². The van der Waals surface area contributed by atoms with Gasteiger partial charge in [0.2, 0.25) is 5.75 Å². The van der Waals surface area contributed by atoms with E-state index in [-0.39, 0.29) is 11.3 Å². The number of benzene rings is 1. The molecule has 6 nitrogen and oxygen atoms in total. The summed E-state index contributed by atoms with van der Waals surface area (Å²) in [4.78, 5) is 22.4. The van der Waals surface area contributed by atoms with Crippen molar-refractivity contribution in [2.24, 2.45) is 0 Å². The first kappa shape index (κ1) is 30.1. The van der Waals surface area contributed by atoms with E-state index < -0.39 is 5.97 Å². The summed E-state index contributed by atoms with van der Waals surface area (Å²) in [5.74, 6) is 0.467. The lowest BCUT2D eigenvalue weighted by Crippen LogP contribution is -2.10. The molecule has 0 radical (unpaired) electrons. The summed E-state index contributed by atoms with van der Waals surface area (Å²) in [5.41, 5.74) is 0.229. The van der Waals surface area contributed by atoms with Crippen LogP contribution >= 0.6 is 0 Å². The van der Waals surface area contributed by atoms with Gasteiger partial charge in [0.25, 0.3) is 0 Å². The fraction of sp³-hybridized carbons (Fsp3) is 0.750. The summed E-state index contributed by atoms with van der Waals surface area (Å²) in [7, 11) is 4.48. The minimum atomic E-state index is -0.616. The van der Waals surface area contributed by atoms with Crippen molar-refractivity contribution in [2.75, 3.05) is 27.9 Å². The number of ether oxygens (including phenoxy) is 3. The first-order valence-corrected chi connectivity index (χ1v) is 13.3. The Morgan fingerprint density at radius 1 is 0.618 bits per heavy atom. The molecule has 0 fully saturated rings. The van der Waals surface area contributed by atoms with Gasteiger partial charge in [0.05, 0.1) is 27.9 Å². The standard InChI is InChI=1S/C28H48O6/c1-5-6-7-8-9-10-11-12-13-14-15-16-17-18-19-20-23-33-34-28(29)24-21-22-25(30-2)27(32-4)26(24)31-3/h21-22H,5-20,23H2,1-4H3. The highest BCUT2D eigenvalue weighted by molar-refractivity contribution is 5.93. The van der Waals surface area contributed by atoms with Gasteiger partial charge in [-0.25, -0.2) is 4.79 Å². The molecule has 1 aromatic rings. The minimum Gasteiger partial charge on any atom is -0.493 e. The topological polar surface area (TPSA) is 63.2 Å². The number of carbonyl (C=O) groups excluding carboxylic acids is 1. The maximum absolute atomic E-state index is 12.3. The fourth-order valence-corrected chi connectivity index (χ4v) is 4.11. The highest BCUT2D eigenvalue weighted by atomic mass is 17.2. The average Bonchev–Trinajstić information content (AvgIpc) is 2.86. The predicted octanol–water partition coefficient (Wildman–Crippen LogP) is 8.06. The second kappa shape index (κ2) is 20.4. The van der Waals surface area contributed by atoms with E-state index in [1.807, 2.05) is 0 Å². The van der Waals surface area contributed by atoms with E-state index in [4.69, 9.17) is 24.0 Å². The second-order valence-corrected chi connectivity index (χ2v) is 8.88. The Kier molecular flexibility index (Phi) is 18.1. The van der Waals surface area contributed by atoms with E-state index in [2.05, 4.69) is 6.92 Å². The largest absolute Gasteiger partial charge is 0.493 e. The maximum atomic E-state index is 12.3. The van der Waals surface area contributed by atoms with Crippen molar-refractivity contribution in [3.8, 4) is 17.2 Å². The molecule has 0 saturated heterocycles. The summed E-state index contributed by atoms with van der Waals surface area (Å²) in [6.45, 7) is 2.66. The molecule has 0 amide bonds. The molecule has 0 bridgehead atoms. The molecule has 6 heteroatoms. The van der Waals surface area contributed by atoms with E-state index in [1.54, 1.807) is 12.1 Å². The number of unbranched alkanes of at least 4 members (excludes halogenated alkanes) is 15. The molecule has 0 aliphatic rings. The highest BCUT2D eigenvalue weighted by Gasteiger charge is 2.22. The number of methoxy groups -OCH3 is 3. The third-order valence-electron chi connectivity index (χ3n) is 6.14. The molecule has 0 N–H and O–H groups in total. The Labute approximate surface area is 207 Å². The Hall–Kier alpha value is -1.95. The number of rotatable bonds is 22. The molecular formula is C28H48O6. The van der Waals surface area contributed by atoms with Crippen molar-refractivity contribution in [2.45, 2.75) is 110 Å². The van der Waals surface area contributed by atoms with Crippen LogP contribution in [0.15, 0.2) is 12.1 Å². The molecule has 0 heterocycles. The molecular weight excluding hydrogens is 432 g/mol. The molecule has 0 saturated carbocycles. The van der Waals surface area contributed by atoms with Gasteiger partial charge >= 0.3 is 5.97 Å². The third-order valence-corrected chi connectivity index (χ3v) is 6.14. The van der Waals surface area contributed by atoms with Gasteiger partial charge in [-0.15, -0.1) is 0 Å². The van der Waals surface area contributed by atoms with Gasteiger partial charge in [-0.3, -0.25) is 4.89 Å². The molecule has 0 aliphatic heterocycles. The third kappa shape index (κ3) is 12.5. The van der Waals surface area contributed by atoms with Gasteiger partial charge < -0.3 is 14.2 Å². The number of hydrogen-bond acceptors (Lipinski definition) is 6. The van der Waals surface area contributed by atoms with Gasteiger partial charge in [0, 0.05) is 0 Å². The van der Waals surface area contributed by atoms with E-state index in [1.165, 1.54) is 111 Å². The molecule has 1 rings (SSSR count). The van der Waals surface area contributed by atoms with E-state index in [0.717, 1.165) is 12.8 Å². The van der Waals surface area contributed by atoms with Crippen molar-refractivity contribution in [3.63, 3.8) is 0 Å². The number of hydrogen-bond donors (Lipinski definition) is 0. The van der Waals surface area contributed by atoms with Crippen LogP contribution in [0, 0.1) is 0 Å². The summed E-state index contributed by atoms with van der Waals surface area (Å²) >= 11 is 0. The Morgan fingerprint density at radius 2 is 1.09 bits per heavy atom. The Morgan fingerprint density at radius 3 is 1.53 bits per heavy atom. The van der Waals surface area contributed by atoms with E-state index in [0.29, 0.717) is 18.1 Å². The summed E-state index contributed by atoms with van der Waals surface area (Å²) in [6, 6.07) is 3.20. The molecule has 1 aromatic carbocycles. The van der Waals surface area contributed by atoms with E-state index >= 15 is 0 Å².